The van der Waals surface area contributed by atoms with Crippen LogP contribution in [0.3, 0.4) is 0 Å². The van der Waals surface area contributed by atoms with E-state index in [1.807, 2.05) is 24.3 Å². The molecule has 0 radical (unpaired) electrons. The SMILES string of the molecule is Clc1ccc(Nc2nc(N3CCOCC3)ncc2Cl)cc1. The number of hydrogen-bond acceptors (Lipinski definition) is 5. The largest absolute Gasteiger partial charge is 0.378 e. The van der Waals surface area contributed by atoms with Gasteiger partial charge in [-0.05, 0) is 24.3 Å². The highest BCUT2D eigenvalue weighted by Crippen LogP contribution is 2.25. The Kier molecular flexibility index (Phi) is 4.43. The molecule has 1 aromatic heterocycles. The molecule has 3 rings (SSSR count). The summed E-state index contributed by atoms with van der Waals surface area (Å²) in [5.41, 5.74) is 0.868. The van der Waals surface area contributed by atoms with Gasteiger partial charge in [-0.1, -0.05) is 23.2 Å². The number of halogens is 2. The summed E-state index contributed by atoms with van der Waals surface area (Å²) in [6.45, 7) is 2.93. The zero-order valence-electron chi connectivity index (χ0n) is 11.2. The van der Waals surface area contributed by atoms with E-state index in [-0.39, 0.29) is 0 Å². The van der Waals surface area contributed by atoms with Crippen LogP contribution in [-0.4, -0.2) is 36.3 Å². The van der Waals surface area contributed by atoms with Crippen LogP contribution in [0.2, 0.25) is 10.0 Å². The lowest BCUT2D eigenvalue weighted by atomic mass is 10.3. The molecule has 2 aromatic rings. The lowest BCUT2D eigenvalue weighted by Crippen LogP contribution is -2.37. The van der Waals surface area contributed by atoms with Gasteiger partial charge in [0, 0.05) is 23.8 Å². The molecule has 1 aromatic carbocycles. The third-order valence-electron chi connectivity index (χ3n) is 3.13. The van der Waals surface area contributed by atoms with E-state index in [1.54, 1.807) is 6.20 Å². The zero-order valence-corrected chi connectivity index (χ0v) is 12.7. The number of ether oxygens (including phenoxy) is 1. The van der Waals surface area contributed by atoms with Gasteiger partial charge in [0.25, 0.3) is 0 Å². The van der Waals surface area contributed by atoms with Crippen LogP contribution in [0.15, 0.2) is 30.5 Å². The summed E-state index contributed by atoms with van der Waals surface area (Å²) >= 11 is 12.0. The maximum atomic E-state index is 6.16. The van der Waals surface area contributed by atoms with Crippen LogP contribution in [0.5, 0.6) is 0 Å². The van der Waals surface area contributed by atoms with Gasteiger partial charge in [0.2, 0.25) is 5.95 Å². The fraction of sp³-hybridized carbons (Fsp3) is 0.286. The first-order valence-electron chi connectivity index (χ1n) is 6.60. The highest BCUT2D eigenvalue weighted by Gasteiger charge is 2.15. The third-order valence-corrected chi connectivity index (χ3v) is 3.66. The van der Waals surface area contributed by atoms with Crippen LogP contribution in [0.1, 0.15) is 0 Å². The standard InChI is InChI=1S/C14H14Cl2N4O/c15-10-1-3-11(4-2-10)18-13-12(16)9-17-14(19-13)20-5-7-21-8-6-20/h1-4,9H,5-8H2,(H,17,18,19). The molecule has 1 N–H and O–H groups in total. The van der Waals surface area contributed by atoms with Crippen molar-refractivity contribution in [1.82, 2.24) is 9.97 Å². The molecule has 0 saturated carbocycles. The van der Waals surface area contributed by atoms with Gasteiger partial charge < -0.3 is 15.0 Å². The molecule has 1 aliphatic rings. The van der Waals surface area contributed by atoms with Crippen LogP contribution in [0.4, 0.5) is 17.5 Å². The quantitative estimate of drug-likeness (QED) is 0.938. The Bertz CT molecular complexity index is 615. The number of nitrogens with zero attached hydrogens (tertiary/aromatic N) is 3. The van der Waals surface area contributed by atoms with Crippen LogP contribution in [0.25, 0.3) is 0 Å². The van der Waals surface area contributed by atoms with Gasteiger partial charge in [0.15, 0.2) is 5.82 Å². The Hall–Kier alpha value is -1.56. The van der Waals surface area contributed by atoms with E-state index < -0.39 is 0 Å². The Balaban J connectivity index is 1.82. The van der Waals surface area contributed by atoms with Crippen molar-refractivity contribution in [2.75, 3.05) is 36.5 Å². The van der Waals surface area contributed by atoms with Gasteiger partial charge in [0.05, 0.1) is 19.4 Å². The number of hydrogen-bond donors (Lipinski definition) is 1. The minimum absolute atomic E-state index is 0.474. The van der Waals surface area contributed by atoms with Gasteiger partial charge >= 0.3 is 0 Å². The number of aromatic nitrogens is 2. The number of benzene rings is 1. The van der Waals surface area contributed by atoms with Crippen LogP contribution < -0.4 is 10.2 Å². The van der Waals surface area contributed by atoms with Crippen molar-refractivity contribution < 1.29 is 4.74 Å². The van der Waals surface area contributed by atoms with E-state index in [9.17, 15) is 0 Å². The second-order valence-electron chi connectivity index (χ2n) is 4.60. The minimum Gasteiger partial charge on any atom is -0.378 e. The third kappa shape index (κ3) is 3.56. The first-order valence-corrected chi connectivity index (χ1v) is 7.36. The molecule has 1 saturated heterocycles. The number of rotatable bonds is 3. The molecule has 0 aliphatic carbocycles. The molecule has 0 atom stereocenters. The van der Waals surface area contributed by atoms with Crippen molar-refractivity contribution in [3.8, 4) is 0 Å². The number of morpholine rings is 1. The van der Waals surface area contributed by atoms with Crippen LogP contribution in [-0.2, 0) is 4.74 Å². The summed E-state index contributed by atoms with van der Waals surface area (Å²) in [4.78, 5) is 10.9. The summed E-state index contributed by atoms with van der Waals surface area (Å²) in [7, 11) is 0. The van der Waals surface area contributed by atoms with Gasteiger partial charge in [-0.15, -0.1) is 0 Å². The van der Waals surface area contributed by atoms with Crippen molar-refractivity contribution in [2.24, 2.45) is 0 Å². The molecule has 0 spiro atoms. The average molecular weight is 325 g/mol. The number of nitrogens with one attached hydrogen (secondary N) is 1. The van der Waals surface area contributed by atoms with Crippen LogP contribution >= 0.6 is 23.2 Å². The Labute approximate surface area is 132 Å². The Morgan fingerprint density at radius 3 is 2.52 bits per heavy atom. The molecule has 2 heterocycles. The fourth-order valence-electron chi connectivity index (χ4n) is 2.03. The van der Waals surface area contributed by atoms with Gasteiger partial charge in [-0.2, -0.15) is 4.98 Å². The molecular formula is C14H14Cl2N4O. The molecule has 1 fully saturated rings. The van der Waals surface area contributed by atoms with E-state index >= 15 is 0 Å². The summed E-state index contributed by atoms with van der Waals surface area (Å²) < 4.78 is 5.33. The molecule has 21 heavy (non-hydrogen) atoms. The zero-order chi connectivity index (χ0) is 14.7. The van der Waals surface area contributed by atoms with E-state index in [1.165, 1.54) is 0 Å². The summed E-state index contributed by atoms with van der Waals surface area (Å²) in [6.07, 6.45) is 1.61. The lowest BCUT2D eigenvalue weighted by Gasteiger charge is -2.27. The van der Waals surface area contributed by atoms with Crippen LogP contribution in [0, 0.1) is 0 Å². The lowest BCUT2D eigenvalue weighted by molar-refractivity contribution is 0.122. The van der Waals surface area contributed by atoms with Crippen molar-refractivity contribution in [3.63, 3.8) is 0 Å². The van der Waals surface area contributed by atoms with E-state index in [2.05, 4.69) is 20.2 Å². The molecule has 5 nitrogen and oxygen atoms in total. The monoisotopic (exact) mass is 324 g/mol. The molecule has 7 heteroatoms. The molecule has 1 aliphatic heterocycles. The second kappa shape index (κ2) is 6.47. The first-order chi connectivity index (χ1) is 10.2. The highest BCUT2D eigenvalue weighted by molar-refractivity contribution is 6.33. The fourth-order valence-corrected chi connectivity index (χ4v) is 2.30. The maximum absolute atomic E-state index is 6.16. The molecule has 0 unspecified atom stereocenters. The number of anilines is 3. The van der Waals surface area contributed by atoms with E-state index in [0.29, 0.717) is 35.0 Å². The van der Waals surface area contributed by atoms with Crippen molar-refractivity contribution >= 4 is 40.7 Å². The van der Waals surface area contributed by atoms with Gasteiger partial charge in [-0.3, -0.25) is 0 Å². The van der Waals surface area contributed by atoms with E-state index in [4.69, 9.17) is 27.9 Å². The van der Waals surface area contributed by atoms with E-state index in [0.717, 1.165) is 18.8 Å². The molecule has 0 bridgehead atoms. The van der Waals surface area contributed by atoms with Crippen molar-refractivity contribution in [3.05, 3.63) is 40.5 Å². The first kappa shape index (κ1) is 14.4. The average Bonchev–Trinajstić information content (AvgIpc) is 2.52. The highest BCUT2D eigenvalue weighted by atomic mass is 35.5. The molecule has 110 valence electrons. The predicted octanol–water partition coefficient (Wildman–Crippen LogP) is 3.36. The minimum atomic E-state index is 0.474. The normalized spacial score (nSPS) is 15.0. The molecule has 0 amide bonds. The molecular weight excluding hydrogens is 311 g/mol. The summed E-state index contributed by atoms with van der Waals surface area (Å²) in [5, 5.41) is 4.34. The Morgan fingerprint density at radius 1 is 1.10 bits per heavy atom. The summed E-state index contributed by atoms with van der Waals surface area (Å²) in [6, 6.07) is 7.36. The predicted molar refractivity (Wildman–Crippen MR) is 84.8 cm³/mol. The maximum Gasteiger partial charge on any atom is 0.227 e. The van der Waals surface area contributed by atoms with Crippen molar-refractivity contribution in [1.29, 1.82) is 0 Å². The Morgan fingerprint density at radius 2 is 1.81 bits per heavy atom. The van der Waals surface area contributed by atoms with Gasteiger partial charge in [0.1, 0.15) is 5.02 Å². The van der Waals surface area contributed by atoms with Crippen molar-refractivity contribution in [2.45, 2.75) is 0 Å². The topological polar surface area (TPSA) is 50.3 Å². The summed E-state index contributed by atoms with van der Waals surface area (Å²) in [5.74, 6) is 1.23. The van der Waals surface area contributed by atoms with Gasteiger partial charge in [-0.25, -0.2) is 4.98 Å². The second-order valence-corrected chi connectivity index (χ2v) is 5.44. The smallest absolute Gasteiger partial charge is 0.227 e.